The van der Waals surface area contributed by atoms with Crippen LogP contribution in [0.2, 0.25) is 0 Å². The number of hydrogen-bond acceptors (Lipinski definition) is 3. The van der Waals surface area contributed by atoms with Gasteiger partial charge in [0.2, 0.25) is 0 Å². The van der Waals surface area contributed by atoms with Gasteiger partial charge in [0.25, 0.3) is 0 Å². The van der Waals surface area contributed by atoms with E-state index in [0.29, 0.717) is 0 Å². The van der Waals surface area contributed by atoms with Crippen molar-refractivity contribution in [3.63, 3.8) is 0 Å². The van der Waals surface area contributed by atoms with E-state index in [1.807, 2.05) is 0 Å². The molecular weight excluding hydrogens is 252 g/mol. The summed E-state index contributed by atoms with van der Waals surface area (Å²) >= 11 is 1.67. The molecule has 2 nitrogen and oxygen atoms in total. The summed E-state index contributed by atoms with van der Waals surface area (Å²) in [6, 6.07) is 9.06. The van der Waals surface area contributed by atoms with Gasteiger partial charge < -0.3 is 4.90 Å². The van der Waals surface area contributed by atoms with Crippen LogP contribution in [0.1, 0.15) is 30.9 Å². The Kier molecular flexibility index (Phi) is 6.21. The minimum atomic E-state index is 0.930. The Balaban J connectivity index is 1.73. The van der Waals surface area contributed by atoms with Gasteiger partial charge in [-0.15, -0.1) is 0 Å². The van der Waals surface area contributed by atoms with Gasteiger partial charge in [-0.2, -0.15) is 0 Å². The average Bonchev–Trinajstić information content (AvgIpc) is 2.46. The van der Waals surface area contributed by atoms with Crippen molar-refractivity contribution in [1.29, 1.82) is 0 Å². The molecule has 3 heteroatoms. The van der Waals surface area contributed by atoms with Crippen molar-refractivity contribution in [2.24, 2.45) is 5.92 Å². The Labute approximate surface area is 122 Å². The first-order valence-electron chi connectivity index (χ1n) is 7.34. The van der Waals surface area contributed by atoms with Gasteiger partial charge >= 0.3 is 0 Å². The van der Waals surface area contributed by atoms with Crippen LogP contribution in [0.3, 0.4) is 0 Å². The lowest BCUT2D eigenvalue weighted by Crippen LogP contribution is -2.34. The van der Waals surface area contributed by atoms with Gasteiger partial charge in [-0.3, -0.25) is 4.72 Å². The van der Waals surface area contributed by atoms with Crippen molar-refractivity contribution in [3.8, 4) is 0 Å². The number of rotatable bonds is 6. The summed E-state index contributed by atoms with van der Waals surface area (Å²) in [4.78, 5) is 2.61. The summed E-state index contributed by atoms with van der Waals surface area (Å²) in [5, 5.41) is 0. The van der Waals surface area contributed by atoms with E-state index in [0.717, 1.165) is 12.5 Å². The SMILES string of the molecule is CSNCc1ccc(CCN2CCC(C)CC2)cc1. The summed E-state index contributed by atoms with van der Waals surface area (Å²) in [6.07, 6.45) is 6.00. The number of nitrogens with one attached hydrogen (secondary N) is 1. The first-order valence-corrected chi connectivity index (χ1v) is 8.56. The van der Waals surface area contributed by atoms with Crippen LogP contribution in [0.5, 0.6) is 0 Å². The van der Waals surface area contributed by atoms with Crippen LogP contribution in [0.4, 0.5) is 0 Å². The molecule has 106 valence electrons. The minimum Gasteiger partial charge on any atom is -0.303 e. The topological polar surface area (TPSA) is 15.3 Å². The van der Waals surface area contributed by atoms with Crippen LogP contribution in [-0.2, 0) is 13.0 Å². The molecule has 0 spiro atoms. The van der Waals surface area contributed by atoms with E-state index in [9.17, 15) is 0 Å². The number of piperidine rings is 1. The first-order chi connectivity index (χ1) is 9.28. The molecule has 1 fully saturated rings. The molecule has 0 aliphatic carbocycles. The summed E-state index contributed by atoms with van der Waals surface area (Å²) in [6.45, 7) is 7.12. The Bertz CT molecular complexity index is 356. The molecule has 0 radical (unpaired) electrons. The van der Waals surface area contributed by atoms with Crippen LogP contribution in [0, 0.1) is 5.92 Å². The quantitative estimate of drug-likeness (QED) is 0.804. The second-order valence-electron chi connectivity index (χ2n) is 5.62. The number of likely N-dealkylation sites (tertiary alicyclic amines) is 1. The Morgan fingerprint density at radius 1 is 1.16 bits per heavy atom. The van der Waals surface area contributed by atoms with Gasteiger partial charge in [0, 0.05) is 13.1 Å². The molecule has 1 saturated heterocycles. The maximum atomic E-state index is 3.28. The fourth-order valence-corrected chi connectivity index (χ4v) is 2.86. The lowest BCUT2D eigenvalue weighted by molar-refractivity contribution is 0.194. The van der Waals surface area contributed by atoms with Gasteiger partial charge in [0.15, 0.2) is 0 Å². The highest BCUT2D eigenvalue weighted by Gasteiger charge is 2.14. The third kappa shape index (κ3) is 5.17. The molecule has 1 aromatic carbocycles. The van der Waals surface area contributed by atoms with Gasteiger partial charge in [0.05, 0.1) is 0 Å². The highest BCUT2D eigenvalue weighted by atomic mass is 32.2. The zero-order valence-corrected chi connectivity index (χ0v) is 13.0. The van der Waals surface area contributed by atoms with Crippen molar-refractivity contribution in [3.05, 3.63) is 35.4 Å². The maximum Gasteiger partial charge on any atom is 0.0309 e. The average molecular weight is 278 g/mol. The molecule has 1 aromatic rings. The van der Waals surface area contributed by atoms with Crippen molar-refractivity contribution in [2.45, 2.75) is 32.7 Å². The monoisotopic (exact) mass is 278 g/mol. The standard InChI is InChI=1S/C16H26N2S/c1-14-7-10-18(11-8-14)12-9-15-3-5-16(6-4-15)13-17-19-2/h3-6,14,17H,7-13H2,1-2H3. The summed E-state index contributed by atoms with van der Waals surface area (Å²) in [7, 11) is 0. The summed E-state index contributed by atoms with van der Waals surface area (Å²) in [5.74, 6) is 0.930. The predicted molar refractivity (Wildman–Crippen MR) is 85.3 cm³/mol. The molecule has 0 unspecified atom stereocenters. The fraction of sp³-hybridized carbons (Fsp3) is 0.625. The molecule has 1 aliphatic rings. The van der Waals surface area contributed by atoms with Gasteiger partial charge in [-0.05, 0) is 55.7 Å². The van der Waals surface area contributed by atoms with Crippen LogP contribution in [0.15, 0.2) is 24.3 Å². The molecule has 0 aromatic heterocycles. The number of nitrogens with zero attached hydrogens (tertiary/aromatic N) is 1. The minimum absolute atomic E-state index is 0.930. The van der Waals surface area contributed by atoms with Crippen LogP contribution < -0.4 is 4.72 Å². The summed E-state index contributed by atoms with van der Waals surface area (Å²) in [5.41, 5.74) is 2.83. The molecular formula is C16H26N2S. The van der Waals surface area contributed by atoms with E-state index in [-0.39, 0.29) is 0 Å². The maximum absolute atomic E-state index is 3.28. The van der Waals surface area contributed by atoms with Gasteiger partial charge in [-0.1, -0.05) is 43.1 Å². The second kappa shape index (κ2) is 7.93. The molecule has 1 N–H and O–H groups in total. The van der Waals surface area contributed by atoms with Crippen molar-refractivity contribution < 1.29 is 0 Å². The van der Waals surface area contributed by atoms with Crippen molar-refractivity contribution in [1.82, 2.24) is 9.62 Å². The molecule has 19 heavy (non-hydrogen) atoms. The van der Waals surface area contributed by atoms with E-state index in [4.69, 9.17) is 0 Å². The smallest absolute Gasteiger partial charge is 0.0309 e. The highest BCUT2D eigenvalue weighted by Crippen LogP contribution is 2.16. The van der Waals surface area contributed by atoms with E-state index in [2.05, 4.69) is 47.1 Å². The van der Waals surface area contributed by atoms with Crippen LogP contribution in [-0.4, -0.2) is 30.8 Å². The second-order valence-corrected chi connectivity index (χ2v) is 6.31. The molecule has 0 atom stereocenters. The molecule has 1 aliphatic heterocycles. The van der Waals surface area contributed by atoms with Gasteiger partial charge in [0.1, 0.15) is 0 Å². The Morgan fingerprint density at radius 3 is 2.42 bits per heavy atom. The largest absolute Gasteiger partial charge is 0.303 e. The van der Waals surface area contributed by atoms with E-state index < -0.39 is 0 Å². The molecule has 0 amide bonds. The van der Waals surface area contributed by atoms with Crippen molar-refractivity contribution in [2.75, 3.05) is 25.9 Å². The zero-order valence-electron chi connectivity index (χ0n) is 12.2. The number of benzene rings is 1. The molecule has 0 bridgehead atoms. The van der Waals surface area contributed by atoms with E-state index in [1.165, 1.54) is 50.0 Å². The fourth-order valence-electron chi connectivity index (χ4n) is 2.55. The van der Waals surface area contributed by atoms with E-state index >= 15 is 0 Å². The molecule has 0 saturated carbocycles. The third-order valence-electron chi connectivity index (χ3n) is 4.04. The summed E-state index contributed by atoms with van der Waals surface area (Å²) < 4.78 is 3.28. The Morgan fingerprint density at radius 2 is 1.79 bits per heavy atom. The van der Waals surface area contributed by atoms with Gasteiger partial charge in [-0.25, -0.2) is 0 Å². The number of hydrogen-bond donors (Lipinski definition) is 1. The normalized spacial score (nSPS) is 17.8. The van der Waals surface area contributed by atoms with Crippen molar-refractivity contribution >= 4 is 11.9 Å². The Hall–Kier alpha value is -0.510. The lowest BCUT2D eigenvalue weighted by Gasteiger charge is -2.30. The lowest BCUT2D eigenvalue weighted by atomic mass is 9.99. The third-order valence-corrected chi connectivity index (χ3v) is 4.47. The zero-order chi connectivity index (χ0) is 13.5. The van der Waals surface area contributed by atoms with Crippen LogP contribution in [0.25, 0.3) is 0 Å². The first kappa shape index (κ1) is 14.9. The highest BCUT2D eigenvalue weighted by molar-refractivity contribution is 7.96. The van der Waals surface area contributed by atoms with Crippen LogP contribution >= 0.6 is 11.9 Å². The van der Waals surface area contributed by atoms with E-state index in [1.54, 1.807) is 11.9 Å². The predicted octanol–water partition coefficient (Wildman–Crippen LogP) is 3.33. The molecule has 2 rings (SSSR count). The molecule has 1 heterocycles.